The van der Waals surface area contributed by atoms with Gasteiger partial charge in [0.25, 0.3) is 0 Å². The molecule has 5 heteroatoms. The second kappa shape index (κ2) is 11.0. The largest absolute Gasteiger partial charge is 0.309 e. The molecule has 238 valence electrons. The standard InChI is InChI=1S/C46H28N4S/c1-2-11-29(12-3-1)30-21-23-31(24-22-30)32-13-10-14-33(27-32)49-37-18-7-4-15-34(37)42-39(49)25-26-40-43(42)35-16-5-8-19-38(35)50(40)46-45-44(47-28-48-46)36-17-6-9-20-41(36)51-45/h1-28H. The lowest BCUT2D eigenvalue weighted by molar-refractivity contribution is 1.08. The van der Waals surface area contributed by atoms with E-state index >= 15 is 0 Å². The van der Waals surface area contributed by atoms with E-state index in [1.165, 1.54) is 64.9 Å². The van der Waals surface area contributed by atoms with Crippen molar-refractivity contribution < 1.29 is 0 Å². The Labute approximate surface area is 297 Å². The highest BCUT2D eigenvalue weighted by molar-refractivity contribution is 7.26. The molecular weight excluding hydrogens is 641 g/mol. The molecule has 0 atom stereocenters. The van der Waals surface area contributed by atoms with Gasteiger partial charge < -0.3 is 4.57 Å². The molecule has 0 saturated heterocycles. The second-order valence-corrected chi connectivity index (χ2v) is 14.1. The van der Waals surface area contributed by atoms with Crippen LogP contribution in [0.2, 0.25) is 0 Å². The Kier molecular flexibility index (Phi) is 6.09. The van der Waals surface area contributed by atoms with Crippen LogP contribution in [0, 0.1) is 0 Å². The third kappa shape index (κ3) is 4.19. The van der Waals surface area contributed by atoms with Crippen LogP contribution in [0.3, 0.4) is 0 Å². The Balaban J connectivity index is 1.15. The molecule has 0 aliphatic heterocycles. The van der Waals surface area contributed by atoms with E-state index in [1.54, 1.807) is 17.7 Å². The number of hydrogen-bond acceptors (Lipinski definition) is 3. The Morgan fingerprint density at radius 3 is 1.73 bits per heavy atom. The predicted molar refractivity (Wildman–Crippen MR) is 214 cm³/mol. The van der Waals surface area contributed by atoms with Gasteiger partial charge in [-0.2, -0.15) is 0 Å². The van der Waals surface area contributed by atoms with Crippen LogP contribution in [-0.2, 0) is 0 Å². The van der Waals surface area contributed by atoms with Gasteiger partial charge in [-0.25, -0.2) is 9.97 Å². The fourth-order valence-corrected chi connectivity index (χ4v) is 9.14. The molecule has 0 saturated carbocycles. The van der Waals surface area contributed by atoms with E-state index in [0.717, 1.165) is 32.8 Å². The molecule has 0 radical (unpaired) electrons. The van der Waals surface area contributed by atoms with Crippen molar-refractivity contribution in [1.29, 1.82) is 0 Å². The van der Waals surface area contributed by atoms with Crippen molar-refractivity contribution in [1.82, 2.24) is 19.1 Å². The molecular formula is C46H28N4S. The first-order chi connectivity index (χ1) is 25.3. The maximum atomic E-state index is 4.96. The average molecular weight is 669 g/mol. The van der Waals surface area contributed by atoms with Crippen LogP contribution >= 0.6 is 11.3 Å². The minimum atomic E-state index is 0.918. The summed E-state index contributed by atoms with van der Waals surface area (Å²) in [5.74, 6) is 0.918. The number of hydrogen-bond donors (Lipinski definition) is 0. The highest BCUT2D eigenvalue weighted by atomic mass is 32.1. The summed E-state index contributed by atoms with van der Waals surface area (Å²) in [5.41, 5.74) is 11.6. The summed E-state index contributed by atoms with van der Waals surface area (Å²) >= 11 is 1.76. The Hall–Kier alpha value is -6.56. The lowest BCUT2D eigenvalue weighted by atomic mass is 10.00. The van der Waals surface area contributed by atoms with E-state index < -0.39 is 0 Å². The van der Waals surface area contributed by atoms with Crippen molar-refractivity contribution in [3.8, 4) is 33.8 Å². The van der Waals surface area contributed by atoms with Gasteiger partial charge in [-0.15, -0.1) is 11.3 Å². The minimum absolute atomic E-state index is 0.918. The first-order valence-electron chi connectivity index (χ1n) is 17.2. The first kappa shape index (κ1) is 28.3. The SMILES string of the molecule is c1ccc(-c2ccc(-c3cccc(-n4c5ccccc5c5c6c7ccccc7n(-c7ncnc8c7sc7ccccc78)c6ccc54)c3)cc2)cc1. The molecule has 4 nitrogen and oxygen atoms in total. The normalized spacial score (nSPS) is 11.9. The molecule has 0 unspecified atom stereocenters. The van der Waals surface area contributed by atoms with Crippen molar-refractivity contribution in [2.24, 2.45) is 0 Å². The van der Waals surface area contributed by atoms with E-state index in [9.17, 15) is 0 Å². The van der Waals surface area contributed by atoms with E-state index in [1.807, 2.05) is 0 Å². The Bertz CT molecular complexity index is 3130. The fourth-order valence-electron chi connectivity index (χ4n) is 8.01. The van der Waals surface area contributed by atoms with Crippen LogP contribution in [0.5, 0.6) is 0 Å². The number of benzene rings is 7. The van der Waals surface area contributed by atoms with Crippen molar-refractivity contribution in [3.63, 3.8) is 0 Å². The summed E-state index contributed by atoms with van der Waals surface area (Å²) in [6.45, 7) is 0. The smallest absolute Gasteiger partial charge is 0.159 e. The van der Waals surface area contributed by atoms with Crippen molar-refractivity contribution in [2.45, 2.75) is 0 Å². The van der Waals surface area contributed by atoms with Gasteiger partial charge >= 0.3 is 0 Å². The number of rotatable bonds is 4. The summed E-state index contributed by atoms with van der Waals surface area (Å²) < 4.78 is 7.08. The quantitative estimate of drug-likeness (QED) is 0.187. The van der Waals surface area contributed by atoms with E-state index in [-0.39, 0.29) is 0 Å². The lowest BCUT2D eigenvalue weighted by Crippen LogP contribution is -1.98. The molecule has 11 aromatic rings. The third-order valence-corrected chi connectivity index (χ3v) is 11.4. The summed E-state index contributed by atoms with van der Waals surface area (Å²) in [7, 11) is 0. The summed E-state index contributed by atoms with van der Waals surface area (Å²) in [6.07, 6.45) is 1.71. The monoisotopic (exact) mass is 668 g/mol. The first-order valence-corrected chi connectivity index (χ1v) is 18.0. The lowest BCUT2D eigenvalue weighted by Gasteiger charge is -2.11. The van der Waals surface area contributed by atoms with Gasteiger partial charge in [-0.05, 0) is 64.7 Å². The minimum Gasteiger partial charge on any atom is -0.309 e. The van der Waals surface area contributed by atoms with Gasteiger partial charge in [0.05, 0.1) is 32.3 Å². The highest BCUT2D eigenvalue weighted by Crippen LogP contribution is 2.44. The van der Waals surface area contributed by atoms with E-state index in [2.05, 4.69) is 173 Å². The van der Waals surface area contributed by atoms with E-state index in [0.29, 0.717) is 0 Å². The molecule has 0 aliphatic rings. The predicted octanol–water partition coefficient (Wildman–Crippen LogP) is 12.4. The second-order valence-electron chi connectivity index (χ2n) is 13.0. The van der Waals surface area contributed by atoms with Gasteiger partial charge in [0.1, 0.15) is 6.33 Å². The number of fused-ring (bicyclic) bond motifs is 10. The summed E-state index contributed by atoms with van der Waals surface area (Å²) in [5, 5.41) is 6.09. The molecule has 0 amide bonds. The molecule has 11 rings (SSSR count). The van der Waals surface area contributed by atoms with Crippen LogP contribution in [0.4, 0.5) is 0 Å². The van der Waals surface area contributed by atoms with Gasteiger partial charge in [0.2, 0.25) is 0 Å². The van der Waals surface area contributed by atoms with Gasteiger partial charge in [-0.3, -0.25) is 4.57 Å². The molecule has 4 aromatic heterocycles. The molecule has 0 spiro atoms. The average Bonchev–Trinajstić information content (AvgIpc) is 3.86. The highest BCUT2D eigenvalue weighted by Gasteiger charge is 2.22. The number of thiophene rings is 1. The molecule has 0 N–H and O–H groups in total. The van der Waals surface area contributed by atoms with Gasteiger partial charge in [0, 0.05) is 37.3 Å². The number of nitrogens with zero attached hydrogens (tertiary/aromatic N) is 4. The molecule has 4 heterocycles. The topological polar surface area (TPSA) is 35.6 Å². The van der Waals surface area contributed by atoms with Crippen molar-refractivity contribution in [3.05, 3.63) is 170 Å². The van der Waals surface area contributed by atoms with Crippen LogP contribution in [0.1, 0.15) is 0 Å². The Morgan fingerprint density at radius 1 is 0.412 bits per heavy atom. The van der Waals surface area contributed by atoms with E-state index in [4.69, 9.17) is 9.97 Å². The number of aromatic nitrogens is 4. The summed E-state index contributed by atoms with van der Waals surface area (Å²) in [4.78, 5) is 9.72. The zero-order valence-corrected chi connectivity index (χ0v) is 28.2. The maximum absolute atomic E-state index is 4.96. The fraction of sp³-hybridized carbons (Fsp3) is 0. The summed E-state index contributed by atoms with van der Waals surface area (Å²) in [6, 6.07) is 59.0. The van der Waals surface area contributed by atoms with Crippen molar-refractivity contribution in [2.75, 3.05) is 0 Å². The molecule has 7 aromatic carbocycles. The van der Waals surface area contributed by atoms with Crippen LogP contribution in [-0.4, -0.2) is 19.1 Å². The van der Waals surface area contributed by atoms with Gasteiger partial charge in [0.15, 0.2) is 5.82 Å². The van der Waals surface area contributed by atoms with Gasteiger partial charge in [-0.1, -0.05) is 121 Å². The van der Waals surface area contributed by atoms with Crippen LogP contribution in [0.15, 0.2) is 170 Å². The zero-order chi connectivity index (χ0) is 33.5. The van der Waals surface area contributed by atoms with Crippen LogP contribution < -0.4 is 0 Å². The number of para-hydroxylation sites is 2. The van der Waals surface area contributed by atoms with Crippen molar-refractivity contribution >= 4 is 75.3 Å². The Morgan fingerprint density at radius 2 is 0.980 bits per heavy atom. The molecule has 51 heavy (non-hydrogen) atoms. The van der Waals surface area contributed by atoms with Crippen LogP contribution in [0.25, 0.3) is 97.7 Å². The molecule has 0 fully saturated rings. The molecule has 0 bridgehead atoms. The molecule has 0 aliphatic carbocycles. The third-order valence-electron chi connectivity index (χ3n) is 10.3. The maximum Gasteiger partial charge on any atom is 0.159 e. The zero-order valence-electron chi connectivity index (χ0n) is 27.4.